The Bertz CT molecular complexity index is 237. The van der Waals surface area contributed by atoms with Gasteiger partial charge in [0.2, 0.25) is 0 Å². The average Bonchev–Trinajstić information content (AvgIpc) is 2.69. The first kappa shape index (κ1) is 9.14. The minimum absolute atomic E-state index is 0.991. The van der Waals surface area contributed by atoms with Gasteiger partial charge in [-0.25, -0.2) is 0 Å². The lowest BCUT2D eigenvalue weighted by Crippen LogP contribution is -1.99. The van der Waals surface area contributed by atoms with E-state index in [0.29, 0.717) is 0 Å². The fraction of sp³-hybridized carbons (Fsp3) is 0.500. The van der Waals surface area contributed by atoms with Crippen molar-refractivity contribution in [2.24, 2.45) is 5.92 Å². The molecule has 0 spiro atoms. The summed E-state index contributed by atoms with van der Waals surface area (Å²) in [6, 6.07) is 10.8. The lowest BCUT2D eigenvalue weighted by Gasteiger charge is -2.07. The Labute approximate surface area is 84.7 Å². The van der Waals surface area contributed by atoms with Crippen LogP contribution in [0.5, 0.6) is 0 Å². The maximum atomic E-state index is 2.24. The van der Waals surface area contributed by atoms with E-state index < -0.39 is 0 Å². The second-order valence-corrected chi connectivity index (χ2v) is 4.90. The number of thioether (sulfide) groups is 1. The summed E-state index contributed by atoms with van der Waals surface area (Å²) in [6.45, 7) is 0. The molecule has 0 aliphatic carbocycles. The van der Waals surface area contributed by atoms with Crippen LogP contribution in [0.3, 0.4) is 0 Å². The number of hydrogen-bond donors (Lipinski definition) is 0. The van der Waals surface area contributed by atoms with Gasteiger partial charge in [-0.15, -0.1) is 0 Å². The van der Waals surface area contributed by atoms with Gasteiger partial charge in [0.05, 0.1) is 0 Å². The maximum Gasteiger partial charge on any atom is -0.00387 e. The Balaban J connectivity index is 1.79. The molecule has 1 saturated heterocycles. The quantitative estimate of drug-likeness (QED) is 0.707. The molecule has 1 atom stereocenters. The fourth-order valence-electron chi connectivity index (χ4n) is 1.83. The summed E-state index contributed by atoms with van der Waals surface area (Å²) >= 11 is 2.12. The number of benzene rings is 1. The van der Waals surface area contributed by atoms with Crippen molar-refractivity contribution in [2.45, 2.75) is 19.3 Å². The zero-order valence-corrected chi connectivity index (χ0v) is 8.72. The normalized spacial score (nSPS) is 22.0. The first-order valence-corrected chi connectivity index (χ1v) is 6.22. The lowest BCUT2D eigenvalue weighted by molar-refractivity contribution is 0.546. The van der Waals surface area contributed by atoms with Gasteiger partial charge in [-0.1, -0.05) is 30.3 Å². The minimum atomic E-state index is 0.991. The van der Waals surface area contributed by atoms with Crippen LogP contribution in [0.25, 0.3) is 0 Å². The molecule has 0 aromatic heterocycles. The molecule has 0 saturated carbocycles. The van der Waals surface area contributed by atoms with Gasteiger partial charge >= 0.3 is 0 Å². The van der Waals surface area contributed by atoms with Crippen LogP contribution < -0.4 is 0 Å². The largest absolute Gasteiger partial charge is 0.162 e. The molecule has 70 valence electrons. The molecule has 0 bridgehead atoms. The second kappa shape index (κ2) is 4.71. The predicted octanol–water partition coefficient (Wildman–Crippen LogP) is 3.37. The first-order valence-electron chi connectivity index (χ1n) is 5.07. The van der Waals surface area contributed by atoms with Crippen molar-refractivity contribution < 1.29 is 0 Å². The van der Waals surface area contributed by atoms with Crippen molar-refractivity contribution in [1.82, 2.24) is 0 Å². The van der Waals surface area contributed by atoms with Crippen LogP contribution in [-0.4, -0.2) is 11.5 Å². The van der Waals surface area contributed by atoms with Crippen LogP contribution in [0.2, 0.25) is 0 Å². The third kappa shape index (κ3) is 2.77. The summed E-state index contributed by atoms with van der Waals surface area (Å²) < 4.78 is 0. The Morgan fingerprint density at radius 3 is 2.77 bits per heavy atom. The Morgan fingerprint density at radius 2 is 2.08 bits per heavy atom. The Kier molecular flexibility index (Phi) is 3.31. The predicted molar refractivity (Wildman–Crippen MR) is 60.2 cm³/mol. The van der Waals surface area contributed by atoms with E-state index in [-0.39, 0.29) is 0 Å². The van der Waals surface area contributed by atoms with Crippen LogP contribution in [0.4, 0.5) is 0 Å². The highest BCUT2D eigenvalue weighted by Crippen LogP contribution is 2.27. The number of hydrogen-bond acceptors (Lipinski definition) is 1. The van der Waals surface area contributed by atoms with Gasteiger partial charge in [0, 0.05) is 0 Å². The third-order valence-corrected chi connectivity index (χ3v) is 3.94. The van der Waals surface area contributed by atoms with Crippen molar-refractivity contribution >= 4 is 11.8 Å². The fourth-order valence-corrected chi connectivity index (χ4v) is 3.16. The van der Waals surface area contributed by atoms with Crippen LogP contribution in [0.1, 0.15) is 18.4 Å². The molecule has 0 radical (unpaired) electrons. The van der Waals surface area contributed by atoms with Gasteiger partial charge in [0.15, 0.2) is 0 Å². The minimum Gasteiger partial charge on any atom is -0.162 e. The molecule has 13 heavy (non-hydrogen) atoms. The summed E-state index contributed by atoms with van der Waals surface area (Å²) in [5.41, 5.74) is 1.50. The summed E-state index contributed by atoms with van der Waals surface area (Å²) in [6.07, 6.45) is 4.10. The smallest absolute Gasteiger partial charge is 0.00387 e. The Morgan fingerprint density at radius 1 is 1.23 bits per heavy atom. The van der Waals surface area contributed by atoms with Crippen molar-refractivity contribution in [3.63, 3.8) is 0 Å². The van der Waals surface area contributed by atoms with Crippen molar-refractivity contribution in [3.8, 4) is 0 Å². The molecular formula is C12H16S. The molecule has 1 aromatic rings. The van der Waals surface area contributed by atoms with Gasteiger partial charge in [-0.05, 0) is 42.2 Å². The highest BCUT2D eigenvalue weighted by molar-refractivity contribution is 7.99. The van der Waals surface area contributed by atoms with E-state index in [1.54, 1.807) is 0 Å². The average molecular weight is 192 g/mol. The van der Waals surface area contributed by atoms with Gasteiger partial charge in [0.25, 0.3) is 0 Å². The van der Waals surface area contributed by atoms with E-state index in [1.807, 2.05) is 0 Å². The second-order valence-electron chi connectivity index (χ2n) is 3.75. The van der Waals surface area contributed by atoms with Crippen LogP contribution in [0.15, 0.2) is 30.3 Å². The molecule has 1 heteroatoms. The van der Waals surface area contributed by atoms with Gasteiger partial charge in [-0.3, -0.25) is 0 Å². The van der Waals surface area contributed by atoms with E-state index in [1.165, 1.54) is 36.3 Å². The maximum absolute atomic E-state index is 2.24. The van der Waals surface area contributed by atoms with Crippen LogP contribution in [-0.2, 0) is 6.42 Å². The van der Waals surface area contributed by atoms with Gasteiger partial charge in [-0.2, -0.15) is 11.8 Å². The third-order valence-electron chi connectivity index (χ3n) is 2.71. The molecular weight excluding hydrogens is 176 g/mol. The van der Waals surface area contributed by atoms with Crippen molar-refractivity contribution in [2.75, 3.05) is 11.5 Å². The lowest BCUT2D eigenvalue weighted by atomic mass is 9.99. The van der Waals surface area contributed by atoms with E-state index in [2.05, 4.69) is 42.1 Å². The number of rotatable bonds is 3. The standard InChI is InChI=1S/C12H16S/c1-2-4-11(5-3-1)6-7-12-8-9-13-10-12/h1-5,12H,6-10H2. The van der Waals surface area contributed by atoms with Gasteiger partial charge < -0.3 is 0 Å². The monoisotopic (exact) mass is 192 g/mol. The summed E-state index contributed by atoms with van der Waals surface area (Å²) in [5, 5.41) is 0. The van der Waals surface area contributed by atoms with E-state index >= 15 is 0 Å². The molecule has 1 aliphatic rings. The summed E-state index contributed by atoms with van der Waals surface area (Å²) in [7, 11) is 0. The SMILES string of the molecule is c1ccc(CCC2CCSC2)cc1. The molecule has 1 fully saturated rings. The highest BCUT2D eigenvalue weighted by Gasteiger charge is 2.14. The zero-order valence-electron chi connectivity index (χ0n) is 7.91. The van der Waals surface area contributed by atoms with Crippen molar-refractivity contribution in [3.05, 3.63) is 35.9 Å². The topological polar surface area (TPSA) is 0 Å². The van der Waals surface area contributed by atoms with E-state index in [4.69, 9.17) is 0 Å². The van der Waals surface area contributed by atoms with E-state index in [9.17, 15) is 0 Å². The number of aryl methyl sites for hydroxylation is 1. The van der Waals surface area contributed by atoms with Crippen LogP contribution >= 0.6 is 11.8 Å². The molecule has 2 rings (SSSR count). The molecule has 0 N–H and O–H groups in total. The van der Waals surface area contributed by atoms with Crippen LogP contribution in [0, 0.1) is 5.92 Å². The van der Waals surface area contributed by atoms with Gasteiger partial charge in [0.1, 0.15) is 0 Å². The summed E-state index contributed by atoms with van der Waals surface area (Å²) in [5.74, 6) is 3.77. The Hall–Kier alpha value is -0.430. The molecule has 1 aromatic carbocycles. The molecule has 0 nitrogen and oxygen atoms in total. The molecule has 1 aliphatic heterocycles. The first-order chi connectivity index (χ1) is 6.45. The van der Waals surface area contributed by atoms with Crippen molar-refractivity contribution in [1.29, 1.82) is 0 Å². The molecule has 1 heterocycles. The van der Waals surface area contributed by atoms with E-state index in [0.717, 1.165) is 5.92 Å². The highest BCUT2D eigenvalue weighted by atomic mass is 32.2. The zero-order chi connectivity index (χ0) is 8.93. The summed E-state index contributed by atoms with van der Waals surface area (Å²) in [4.78, 5) is 0. The molecule has 0 amide bonds. The molecule has 1 unspecified atom stereocenters.